The Kier molecular flexibility index (Phi) is 7.30. The number of rotatable bonds is 7. The number of thioether (sulfide) groups is 1. The lowest BCUT2D eigenvalue weighted by molar-refractivity contribution is -0.118. The summed E-state index contributed by atoms with van der Waals surface area (Å²) < 4.78 is 6.23. The average Bonchev–Trinajstić information content (AvgIpc) is 2.69. The Balaban J connectivity index is 1.55. The molecule has 0 fully saturated rings. The highest BCUT2D eigenvalue weighted by Crippen LogP contribution is 2.23. The van der Waals surface area contributed by atoms with Crippen molar-refractivity contribution in [3.05, 3.63) is 69.3 Å². The summed E-state index contributed by atoms with van der Waals surface area (Å²) in [5.74, 6) is 1.58. The molecule has 0 atom stereocenters. The molecule has 0 aliphatic rings. The van der Waals surface area contributed by atoms with Crippen LogP contribution >= 0.6 is 39.3 Å². The van der Waals surface area contributed by atoms with E-state index < -0.39 is 0 Å². The molecule has 0 bridgehead atoms. The Labute approximate surface area is 180 Å². The highest BCUT2D eigenvalue weighted by atomic mass is 79.9. The van der Waals surface area contributed by atoms with Crippen LogP contribution in [-0.2, 0) is 10.5 Å². The number of carbonyl (C=O) groups excluding carboxylic acids is 1. The molecule has 0 saturated carbocycles. The van der Waals surface area contributed by atoms with Gasteiger partial charge in [-0.15, -0.1) is 11.8 Å². The van der Waals surface area contributed by atoms with Crippen molar-refractivity contribution in [1.29, 1.82) is 0 Å². The minimum absolute atomic E-state index is 0.178. The van der Waals surface area contributed by atoms with Crippen molar-refractivity contribution in [3.8, 4) is 5.75 Å². The van der Waals surface area contributed by atoms with Crippen LogP contribution in [0.2, 0.25) is 5.15 Å². The topological polar surface area (TPSA) is 63.6 Å². The molecule has 0 radical (unpaired) electrons. The number of ether oxygens (including phenoxy) is 1. The number of benzene rings is 2. The molecule has 2 aromatic carbocycles. The van der Waals surface area contributed by atoms with E-state index in [4.69, 9.17) is 16.3 Å². The zero-order chi connectivity index (χ0) is 19.9. The SMILES string of the molecule is COc1ccc2cc(/C=N/NC(=O)CSCc3ccccc3Br)c(Cl)nc2c1. The number of carbonyl (C=O) groups is 1. The lowest BCUT2D eigenvalue weighted by atomic mass is 10.1. The minimum atomic E-state index is -0.178. The number of methoxy groups -OCH3 is 1. The quantitative estimate of drug-likeness (QED) is 0.293. The van der Waals surface area contributed by atoms with Crippen molar-refractivity contribution in [1.82, 2.24) is 10.4 Å². The Morgan fingerprint density at radius 2 is 2.14 bits per heavy atom. The van der Waals surface area contributed by atoms with Crippen LogP contribution in [-0.4, -0.2) is 30.0 Å². The first-order valence-corrected chi connectivity index (χ1v) is 10.7. The fourth-order valence-electron chi connectivity index (χ4n) is 2.43. The predicted molar refractivity (Wildman–Crippen MR) is 119 cm³/mol. The van der Waals surface area contributed by atoms with Gasteiger partial charge < -0.3 is 4.74 Å². The third-order valence-electron chi connectivity index (χ3n) is 3.85. The monoisotopic (exact) mass is 477 g/mol. The molecular formula is C20H17BrClN3O2S. The lowest BCUT2D eigenvalue weighted by Gasteiger charge is -2.05. The minimum Gasteiger partial charge on any atom is -0.497 e. The fraction of sp³-hybridized carbons (Fsp3) is 0.150. The molecule has 0 aliphatic carbocycles. The first-order valence-electron chi connectivity index (χ1n) is 8.34. The van der Waals surface area contributed by atoms with Gasteiger partial charge >= 0.3 is 0 Å². The van der Waals surface area contributed by atoms with Crippen molar-refractivity contribution in [2.45, 2.75) is 5.75 Å². The maximum absolute atomic E-state index is 12.0. The number of pyridine rings is 1. The van der Waals surface area contributed by atoms with Crippen molar-refractivity contribution in [3.63, 3.8) is 0 Å². The Morgan fingerprint density at radius 3 is 2.93 bits per heavy atom. The van der Waals surface area contributed by atoms with Crippen molar-refractivity contribution in [2.75, 3.05) is 12.9 Å². The van der Waals surface area contributed by atoms with Gasteiger partial charge in [0.05, 0.1) is 24.6 Å². The third kappa shape index (κ3) is 5.47. The van der Waals surface area contributed by atoms with Gasteiger partial charge in [-0.1, -0.05) is 45.7 Å². The summed E-state index contributed by atoms with van der Waals surface area (Å²) in [4.78, 5) is 16.3. The van der Waals surface area contributed by atoms with Crippen LogP contribution in [0.1, 0.15) is 11.1 Å². The smallest absolute Gasteiger partial charge is 0.250 e. The van der Waals surface area contributed by atoms with Gasteiger partial charge in [-0.05, 0) is 29.8 Å². The highest BCUT2D eigenvalue weighted by Gasteiger charge is 2.06. The molecule has 5 nitrogen and oxygen atoms in total. The maximum atomic E-state index is 12.0. The van der Waals surface area contributed by atoms with Gasteiger partial charge in [0.25, 0.3) is 0 Å². The predicted octanol–water partition coefficient (Wildman–Crippen LogP) is 5.04. The van der Waals surface area contributed by atoms with Gasteiger partial charge in [0.15, 0.2) is 0 Å². The van der Waals surface area contributed by atoms with E-state index in [9.17, 15) is 4.79 Å². The van der Waals surface area contributed by atoms with Crippen LogP contribution in [0.15, 0.2) is 58.1 Å². The Bertz CT molecular complexity index is 1030. The van der Waals surface area contributed by atoms with E-state index >= 15 is 0 Å². The third-order valence-corrected chi connectivity index (χ3v) is 5.90. The van der Waals surface area contributed by atoms with Crippen LogP contribution in [0.5, 0.6) is 5.75 Å². The fourth-order valence-corrected chi connectivity index (χ4v) is 4.06. The average molecular weight is 479 g/mol. The number of halogens is 2. The van der Waals surface area contributed by atoms with E-state index in [2.05, 4.69) is 31.4 Å². The molecule has 3 rings (SSSR count). The van der Waals surface area contributed by atoms with Crippen molar-refractivity contribution >= 4 is 62.3 Å². The summed E-state index contributed by atoms with van der Waals surface area (Å²) in [6, 6.07) is 15.4. The van der Waals surface area contributed by atoms with Gasteiger partial charge in [-0.2, -0.15) is 5.10 Å². The zero-order valence-electron chi connectivity index (χ0n) is 15.0. The summed E-state index contributed by atoms with van der Waals surface area (Å²) in [6.07, 6.45) is 1.50. The number of nitrogens with zero attached hydrogens (tertiary/aromatic N) is 2. The number of hydrogen-bond donors (Lipinski definition) is 1. The summed E-state index contributed by atoms with van der Waals surface area (Å²) in [5, 5.41) is 5.20. The molecule has 28 heavy (non-hydrogen) atoms. The molecule has 0 saturated heterocycles. The molecule has 1 amide bonds. The number of hydrazone groups is 1. The largest absolute Gasteiger partial charge is 0.497 e. The molecule has 1 N–H and O–H groups in total. The van der Waals surface area contributed by atoms with E-state index in [1.165, 1.54) is 18.0 Å². The maximum Gasteiger partial charge on any atom is 0.250 e. The van der Waals surface area contributed by atoms with Crippen molar-refractivity contribution in [2.24, 2.45) is 5.10 Å². The van der Waals surface area contributed by atoms with E-state index in [0.29, 0.717) is 22.2 Å². The second-order valence-corrected chi connectivity index (χ2v) is 8.00. The summed E-state index contributed by atoms with van der Waals surface area (Å²) in [6.45, 7) is 0. The van der Waals surface area contributed by atoms with Crippen LogP contribution in [0.4, 0.5) is 0 Å². The molecule has 3 aromatic rings. The van der Waals surface area contributed by atoms with E-state index in [-0.39, 0.29) is 5.91 Å². The van der Waals surface area contributed by atoms with Gasteiger partial charge in [-0.3, -0.25) is 4.79 Å². The van der Waals surface area contributed by atoms with E-state index in [1.807, 2.05) is 48.5 Å². The summed E-state index contributed by atoms with van der Waals surface area (Å²) in [5.41, 5.74) is 5.02. The van der Waals surface area contributed by atoms with Gasteiger partial charge in [-0.25, -0.2) is 10.4 Å². The zero-order valence-corrected chi connectivity index (χ0v) is 18.1. The van der Waals surface area contributed by atoms with Crippen LogP contribution in [0.3, 0.4) is 0 Å². The van der Waals surface area contributed by atoms with Crippen LogP contribution < -0.4 is 10.2 Å². The molecule has 1 heterocycles. The highest BCUT2D eigenvalue weighted by molar-refractivity contribution is 9.10. The molecule has 144 valence electrons. The first kappa shape index (κ1) is 20.6. The molecular weight excluding hydrogens is 462 g/mol. The normalized spacial score (nSPS) is 11.1. The van der Waals surface area contributed by atoms with Gasteiger partial charge in [0, 0.05) is 27.2 Å². The Hall–Kier alpha value is -2.09. The van der Waals surface area contributed by atoms with E-state index in [0.717, 1.165) is 26.7 Å². The lowest BCUT2D eigenvalue weighted by Crippen LogP contribution is -2.19. The number of amides is 1. The van der Waals surface area contributed by atoms with Crippen LogP contribution in [0, 0.1) is 0 Å². The second-order valence-electron chi connectivity index (χ2n) is 5.80. The number of nitrogens with one attached hydrogen (secondary N) is 1. The van der Waals surface area contributed by atoms with Crippen molar-refractivity contribution < 1.29 is 9.53 Å². The first-order chi connectivity index (χ1) is 13.6. The van der Waals surface area contributed by atoms with Crippen LogP contribution in [0.25, 0.3) is 10.9 Å². The number of fused-ring (bicyclic) bond motifs is 1. The van der Waals surface area contributed by atoms with E-state index in [1.54, 1.807) is 7.11 Å². The standard InChI is InChI=1S/C20H17BrClN3O2S/c1-27-16-7-6-13-8-15(20(22)24-18(13)9-16)10-23-25-19(26)12-28-11-14-4-2-3-5-17(14)21/h2-10H,11-12H2,1H3,(H,25,26)/b23-10+. The Morgan fingerprint density at radius 1 is 1.32 bits per heavy atom. The number of hydrogen-bond acceptors (Lipinski definition) is 5. The molecule has 0 spiro atoms. The van der Waals surface area contributed by atoms with Gasteiger partial charge in [0.2, 0.25) is 5.91 Å². The molecule has 1 aromatic heterocycles. The molecule has 8 heteroatoms. The summed E-state index contributed by atoms with van der Waals surface area (Å²) in [7, 11) is 1.60. The molecule has 0 unspecified atom stereocenters. The van der Waals surface area contributed by atoms with Gasteiger partial charge in [0.1, 0.15) is 10.9 Å². The summed E-state index contributed by atoms with van der Waals surface area (Å²) >= 11 is 11.2. The second kappa shape index (κ2) is 9.91. The number of aromatic nitrogens is 1. The molecule has 0 aliphatic heterocycles.